The van der Waals surface area contributed by atoms with Crippen LogP contribution < -0.4 is 5.32 Å². The predicted molar refractivity (Wildman–Crippen MR) is 162 cm³/mol. The first-order valence-corrected chi connectivity index (χ1v) is 14.9. The molecule has 0 aromatic carbocycles. The summed E-state index contributed by atoms with van der Waals surface area (Å²) in [4.78, 5) is 77.5. The first-order chi connectivity index (χ1) is 20.5. The van der Waals surface area contributed by atoms with E-state index in [1.807, 2.05) is 41.5 Å². The Bertz CT molecular complexity index is 850. The number of aliphatic carboxylic acids is 3. The number of hydrogen-bond acceptors (Lipinski definition) is 10. The maximum absolute atomic E-state index is 12.6. The van der Waals surface area contributed by atoms with E-state index in [4.69, 9.17) is 0 Å². The molecule has 4 N–H and O–H groups in total. The number of rotatable bonds is 11. The molecule has 1 saturated heterocycles. The van der Waals surface area contributed by atoms with Gasteiger partial charge in [-0.25, -0.2) is 0 Å². The first kappa shape index (κ1) is 41.7. The van der Waals surface area contributed by atoms with Crippen LogP contribution >= 0.6 is 0 Å². The molecule has 2 aliphatic rings. The SMILES string of the molecule is CC.CC.CC.O=C(O)CN1CCN(CC(=O)O)CCN(CC(=O)NCCN2C(=O)C=CC2=O)CCN(CC(=O)O)CC1. The van der Waals surface area contributed by atoms with Crippen LogP contribution in [0.4, 0.5) is 0 Å². The minimum absolute atomic E-state index is 0.0298. The molecular formula is C28H52N6O9. The van der Waals surface area contributed by atoms with Gasteiger partial charge < -0.3 is 20.6 Å². The van der Waals surface area contributed by atoms with E-state index in [1.54, 1.807) is 19.6 Å². The molecule has 15 nitrogen and oxygen atoms in total. The highest BCUT2D eigenvalue weighted by atomic mass is 16.4. The Morgan fingerprint density at radius 2 is 0.860 bits per heavy atom. The van der Waals surface area contributed by atoms with Gasteiger partial charge in [0.05, 0.1) is 26.2 Å². The standard InChI is InChI=1S/C22H34N6O9.3C2H6/c29-17(23-3-4-28-18(30)1-2-19(28)31)13-24-5-7-25(14-20(32)33)9-11-27(16-22(36)37)12-10-26(8-6-24)15-21(34)35;3*1-2/h1-2H,3-16H2,(H,23,29)(H,32,33)(H,34,35)(H,36,37);3*1-2H3. The average Bonchev–Trinajstić information content (AvgIpc) is 3.29. The second kappa shape index (κ2) is 25.1. The second-order valence-electron chi connectivity index (χ2n) is 8.80. The molecule has 0 aliphatic carbocycles. The Hall–Kier alpha value is -3.40. The molecule has 0 unspecified atom stereocenters. The molecule has 0 aromatic heterocycles. The monoisotopic (exact) mass is 616 g/mol. The van der Waals surface area contributed by atoms with Crippen molar-refractivity contribution >= 4 is 35.6 Å². The summed E-state index contributed by atoms with van der Waals surface area (Å²) in [5.41, 5.74) is 0. The van der Waals surface area contributed by atoms with Crippen LogP contribution in [0, 0.1) is 0 Å². The zero-order chi connectivity index (χ0) is 33.4. The zero-order valence-electron chi connectivity index (χ0n) is 26.6. The third kappa shape index (κ3) is 19.4. The molecule has 2 heterocycles. The highest BCUT2D eigenvalue weighted by Gasteiger charge is 2.24. The van der Waals surface area contributed by atoms with E-state index in [-0.39, 0.29) is 71.4 Å². The molecule has 0 atom stereocenters. The number of nitrogens with one attached hydrogen (secondary N) is 1. The Labute approximate surface area is 255 Å². The van der Waals surface area contributed by atoms with Crippen LogP contribution in [0.25, 0.3) is 0 Å². The summed E-state index contributed by atoms with van der Waals surface area (Å²) in [6.07, 6.45) is 2.32. The Morgan fingerprint density at radius 3 is 1.14 bits per heavy atom. The van der Waals surface area contributed by atoms with E-state index in [0.717, 1.165) is 17.1 Å². The van der Waals surface area contributed by atoms with Crippen LogP contribution in [0.5, 0.6) is 0 Å². The van der Waals surface area contributed by atoms with Gasteiger partial charge in [-0.15, -0.1) is 0 Å². The highest BCUT2D eigenvalue weighted by molar-refractivity contribution is 6.12. The van der Waals surface area contributed by atoms with Gasteiger partial charge in [0, 0.05) is 77.6 Å². The zero-order valence-corrected chi connectivity index (χ0v) is 26.6. The minimum Gasteiger partial charge on any atom is -0.480 e. The third-order valence-corrected chi connectivity index (χ3v) is 5.93. The van der Waals surface area contributed by atoms with Crippen LogP contribution in [0.2, 0.25) is 0 Å². The quantitative estimate of drug-likeness (QED) is 0.219. The predicted octanol–water partition coefficient (Wildman–Crippen LogP) is -0.418. The maximum Gasteiger partial charge on any atom is 0.317 e. The van der Waals surface area contributed by atoms with Crippen molar-refractivity contribution in [1.82, 2.24) is 29.8 Å². The highest BCUT2D eigenvalue weighted by Crippen LogP contribution is 2.03. The lowest BCUT2D eigenvalue weighted by Gasteiger charge is -2.32. The van der Waals surface area contributed by atoms with Crippen molar-refractivity contribution in [3.05, 3.63) is 12.2 Å². The number of carboxylic acid groups (broad SMARTS) is 3. The molecule has 0 radical (unpaired) electrons. The molecule has 43 heavy (non-hydrogen) atoms. The van der Waals surface area contributed by atoms with E-state index in [2.05, 4.69) is 5.32 Å². The molecule has 3 amide bonds. The summed E-state index contributed by atoms with van der Waals surface area (Å²) in [6, 6.07) is 0. The number of carbonyl (C=O) groups excluding carboxylic acids is 3. The van der Waals surface area contributed by atoms with E-state index >= 15 is 0 Å². The topological polar surface area (TPSA) is 191 Å². The van der Waals surface area contributed by atoms with E-state index in [1.165, 1.54) is 0 Å². The van der Waals surface area contributed by atoms with Gasteiger partial charge in [-0.3, -0.25) is 53.3 Å². The largest absolute Gasteiger partial charge is 0.480 e. The summed E-state index contributed by atoms with van der Waals surface area (Å²) in [6.45, 7) is 13.6. The van der Waals surface area contributed by atoms with Gasteiger partial charge in [0.2, 0.25) is 5.91 Å². The van der Waals surface area contributed by atoms with Crippen molar-refractivity contribution < 1.29 is 44.1 Å². The van der Waals surface area contributed by atoms with Crippen molar-refractivity contribution in [1.29, 1.82) is 0 Å². The second-order valence-corrected chi connectivity index (χ2v) is 8.80. The van der Waals surface area contributed by atoms with E-state index < -0.39 is 29.7 Å². The molecule has 248 valence electrons. The van der Waals surface area contributed by atoms with Crippen LogP contribution in [0.1, 0.15) is 41.5 Å². The lowest BCUT2D eigenvalue weighted by Crippen LogP contribution is -2.50. The van der Waals surface area contributed by atoms with Crippen molar-refractivity contribution in [3.63, 3.8) is 0 Å². The van der Waals surface area contributed by atoms with Gasteiger partial charge >= 0.3 is 17.9 Å². The number of imide groups is 1. The molecule has 15 heteroatoms. The summed E-state index contributed by atoms with van der Waals surface area (Å²) in [5.74, 6) is -4.35. The minimum atomic E-state index is -1.03. The van der Waals surface area contributed by atoms with Crippen molar-refractivity contribution in [3.8, 4) is 0 Å². The van der Waals surface area contributed by atoms with Crippen LogP contribution in [-0.2, 0) is 28.8 Å². The van der Waals surface area contributed by atoms with Gasteiger partial charge in [-0.1, -0.05) is 41.5 Å². The summed E-state index contributed by atoms with van der Waals surface area (Å²) in [7, 11) is 0. The van der Waals surface area contributed by atoms with Crippen LogP contribution in [0.3, 0.4) is 0 Å². The smallest absolute Gasteiger partial charge is 0.317 e. The summed E-state index contributed by atoms with van der Waals surface area (Å²) >= 11 is 0. The van der Waals surface area contributed by atoms with Gasteiger partial charge in [0.25, 0.3) is 11.8 Å². The Balaban J connectivity index is 0. The Kier molecular flexibility index (Phi) is 24.4. The average molecular weight is 617 g/mol. The van der Waals surface area contributed by atoms with Crippen LogP contribution in [0.15, 0.2) is 12.2 Å². The lowest BCUT2D eigenvalue weighted by molar-refractivity contribution is -0.140. The molecule has 0 aromatic rings. The van der Waals surface area contributed by atoms with Crippen molar-refractivity contribution in [2.75, 3.05) is 91.6 Å². The fourth-order valence-corrected chi connectivity index (χ4v) is 4.00. The Morgan fingerprint density at radius 1 is 0.581 bits per heavy atom. The number of nitrogens with zero attached hydrogens (tertiary/aromatic N) is 5. The molecule has 0 saturated carbocycles. The van der Waals surface area contributed by atoms with Crippen LogP contribution in [-0.4, -0.2) is 167 Å². The fourth-order valence-electron chi connectivity index (χ4n) is 4.00. The fraction of sp³-hybridized carbons (Fsp3) is 0.714. The molecule has 0 bridgehead atoms. The number of carboxylic acids is 3. The van der Waals surface area contributed by atoms with E-state index in [9.17, 15) is 44.1 Å². The number of carbonyl (C=O) groups is 6. The van der Waals surface area contributed by atoms with Crippen molar-refractivity contribution in [2.45, 2.75) is 41.5 Å². The van der Waals surface area contributed by atoms with Crippen molar-refractivity contribution in [2.24, 2.45) is 0 Å². The normalized spacial score (nSPS) is 17.1. The van der Waals surface area contributed by atoms with Gasteiger partial charge in [0.15, 0.2) is 0 Å². The van der Waals surface area contributed by atoms with E-state index in [0.29, 0.717) is 26.2 Å². The first-order valence-electron chi connectivity index (χ1n) is 14.9. The number of hydrogen-bond donors (Lipinski definition) is 4. The summed E-state index contributed by atoms with van der Waals surface area (Å²) < 4.78 is 0. The lowest BCUT2D eigenvalue weighted by atomic mass is 10.3. The molecule has 1 fully saturated rings. The third-order valence-electron chi connectivity index (χ3n) is 5.93. The summed E-state index contributed by atoms with van der Waals surface area (Å²) in [5, 5.41) is 30.4. The number of amides is 3. The van der Waals surface area contributed by atoms with Gasteiger partial charge in [-0.05, 0) is 0 Å². The molecule has 0 spiro atoms. The van der Waals surface area contributed by atoms with Gasteiger partial charge in [0.1, 0.15) is 0 Å². The van der Waals surface area contributed by atoms with Gasteiger partial charge in [-0.2, -0.15) is 0 Å². The maximum atomic E-state index is 12.6. The molecule has 2 rings (SSSR count). The molecule has 2 aliphatic heterocycles. The molecular weight excluding hydrogens is 564 g/mol.